The molecular formula is C80H70N4O. The van der Waals surface area contributed by atoms with E-state index in [4.69, 9.17) is 9.72 Å². The quantitative estimate of drug-likeness (QED) is 0.159. The number of fused-ring (bicyclic) bond motifs is 13. The topological polar surface area (TPSA) is 33.5 Å². The van der Waals surface area contributed by atoms with Crippen LogP contribution < -0.4 is 14.5 Å². The van der Waals surface area contributed by atoms with Gasteiger partial charge < -0.3 is 14.5 Å². The molecule has 0 amide bonds. The standard InChI is InChI=1S/C80H70N4O/c1-77(2,3)54-39-42-74(81-49-54)84-70-36-17-13-27-61(70)62-41-40-59(48-73(62)84)85-58-26-20-25-57(47-58)82-50-83(72-38-19-18-37-71(72)82)76-60(53-44-55(78(4,5)6)46-56(45-53)79(7,8)9)29-21-31-64(76)63-30-22-35-69-75(63)65-28-12-16-34-68(65)80(69)66-32-14-10-23-51(66)43-52-24-11-15-33-67(52)80/h10-42,44-49H,43,50H2,1-9H3/i43D2. The highest BCUT2D eigenvalue weighted by atomic mass is 16.5. The molecule has 0 bridgehead atoms. The average Bonchev–Trinajstić information content (AvgIpc) is 1.58. The maximum absolute atomic E-state index is 9.76. The van der Waals surface area contributed by atoms with E-state index in [0.717, 1.165) is 101 Å². The Kier molecular flexibility index (Phi) is 11.4. The second kappa shape index (κ2) is 19.3. The third kappa shape index (κ3) is 8.37. The van der Waals surface area contributed by atoms with Crippen LogP contribution in [0, 0.1) is 0 Å². The highest BCUT2D eigenvalue weighted by Crippen LogP contribution is 2.62. The lowest BCUT2D eigenvalue weighted by Crippen LogP contribution is -2.34. The Balaban J connectivity index is 0.896. The fraction of sp³-hybridized carbons (Fsp3) is 0.188. The van der Waals surface area contributed by atoms with Gasteiger partial charge in [0.15, 0.2) is 0 Å². The van der Waals surface area contributed by atoms with Crippen molar-refractivity contribution in [3.8, 4) is 50.7 Å². The van der Waals surface area contributed by atoms with Gasteiger partial charge in [-0.1, -0.05) is 232 Å². The Morgan fingerprint density at radius 2 is 1.00 bits per heavy atom. The minimum absolute atomic E-state index is 0.0137. The summed E-state index contributed by atoms with van der Waals surface area (Å²) in [7, 11) is 0. The van der Waals surface area contributed by atoms with Crippen LogP contribution in [0.2, 0.25) is 0 Å². The summed E-state index contributed by atoms with van der Waals surface area (Å²) >= 11 is 0. The Bertz CT molecular complexity index is 4680. The molecule has 3 aliphatic rings. The predicted molar refractivity (Wildman–Crippen MR) is 354 cm³/mol. The fourth-order valence-electron chi connectivity index (χ4n) is 13.9. The molecule has 0 saturated heterocycles. The van der Waals surface area contributed by atoms with Crippen molar-refractivity contribution >= 4 is 44.6 Å². The smallest absolute Gasteiger partial charge is 0.137 e. The molecule has 5 nitrogen and oxygen atoms in total. The number of rotatable bonds is 7. The van der Waals surface area contributed by atoms with Gasteiger partial charge in [0.1, 0.15) is 24.0 Å². The average molecular weight is 1110 g/mol. The van der Waals surface area contributed by atoms with Crippen LogP contribution in [0.3, 0.4) is 0 Å². The third-order valence-corrected chi connectivity index (χ3v) is 18.2. The van der Waals surface area contributed by atoms with E-state index >= 15 is 0 Å². The summed E-state index contributed by atoms with van der Waals surface area (Å²) in [5.74, 6) is 2.34. The molecule has 0 atom stereocenters. The van der Waals surface area contributed by atoms with Gasteiger partial charge >= 0.3 is 0 Å². The summed E-state index contributed by atoms with van der Waals surface area (Å²) in [5, 5.41) is 2.30. The second-order valence-corrected chi connectivity index (χ2v) is 26.5. The van der Waals surface area contributed by atoms with E-state index < -0.39 is 11.8 Å². The van der Waals surface area contributed by atoms with Gasteiger partial charge in [-0.05, 0) is 143 Å². The van der Waals surface area contributed by atoms with Gasteiger partial charge in [-0.3, -0.25) is 4.57 Å². The van der Waals surface area contributed by atoms with Gasteiger partial charge in [0, 0.05) is 48.7 Å². The molecule has 85 heavy (non-hydrogen) atoms. The molecule has 416 valence electrons. The van der Waals surface area contributed by atoms with E-state index in [9.17, 15) is 2.74 Å². The monoisotopic (exact) mass is 1100 g/mol. The maximum Gasteiger partial charge on any atom is 0.137 e. The number of pyridine rings is 1. The summed E-state index contributed by atoms with van der Waals surface area (Å²) in [6, 6.07) is 83.0. The van der Waals surface area contributed by atoms with Crippen LogP contribution >= 0.6 is 0 Å². The lowest BCUT2D eigenvalue weighted by atomic mass is 9.61. The maximum atomic E-state index is 9.76. The van der Waals surface area contributed by atoms with Crippen LogP contribution in [-0.4, -0.2) is 16.2 Å². The molecule has 3 heterocycles. The van der Waals surface area contributed by atoms with Crippen molar-refractivity contribution in [1.82, 2.24) is 9.55 Å². The van der Waals surface area contributed by atoms with Crippen LogP contribution in [-0.2, 0) is 28.0 Å². The summed E-state index contributed by atoms with van der Waals surface area (Å²) in [6.45, 7) is 21.1. The largest absolute Gasteiger partial charge is 0.457 e. The first kappa shape index (κ1) is 50.1. The lowest BCUT2D eigenvalue weighted by Gasteiger charge is -2.40. The number of benzene rings is 10. The van der Waals surface area contributed by atoms with Crippen molar-refractivity contribution in [2.24, 2.45) is 0 Å². The normalized spacial score (nSPS) is 15.1. The van der Waals surface area contributed by atoms with E-state index in [2.05, 4.69) is 283 Å². The molecule has 2 aliphatic carbocycles. The predicted octanol–water partition coefficient (Wildman–Crippen LogP) is 20.7. The van der Waals surface area contributed by atoms with Crippen molar-refractivity contribution in [3.63, 3.8) is 0 Å². The Morgan fingerprint density at radius 1 is 0.435 bits per heavy atom. The first-order valence-corrected chi connectivity index (χ1v) is 30.0. The molecule has 12 aromatic rings. The van der Waals surface area contributed by atoms with Gasteiger partial charge in [-0.25, -0.2) is 4.98 Å². The number of aromatic nitrogens is 2. The fourth-order valence-corrected chi connectivity index (χ4v) is 13.9. The molecule has 0 radical (unpaired) electrons. The molecule has 1 spiro atoms. The summed E-state index contributed by atoms with van der Waals surface area (Å²) in [4.78, 5) is 10.0. The zero-order valence-electron chi connectivity index (χ0n) is 51.9. The highest BCUT2D eigenvalue weighted by Gasteiger charge is 2.50. The minimum atomic E-state index is -1.70. The first-order valence-electron chi connectivity index (χ1n) is 31.0. The number of nitrogens with zero attached hydrogens (tertiary/aromatic N) is 4. The van der Waals surface area contributed by atoms with Crippen molar-refractivity contribution in [3.05, 3.63) is 287 Å². The number of para-hydroxylation sites is 4. The van der Waals surface area contributed by atoms with Gasteiger partial charge in [0.2, 0.25) is 0 Å². The van der Waals surface area contributed by atoms with Crippen LogP contribution in [0.15, 0.2) is 237 Å². The van der Waals surface area contributed by atoms with Crippen LogP contribution in [0.5, 0.6) is 11.5 Å². The second-order valence-electron chi connectivity index (χ2n) is 26.5. The molecule has 10 aromatic carbocycles. The molecule has 0 saturated carbocycles. The zero-order valence-corrected chi connectivity index (χ0v) is 49.9. The number of anilines is 4. The van der Waals surface area contributed by atoms with Crippen molar-refractivity contribution in [2.75, 3.05) is 16.5 Å². The molecule has 0 N–H and O–H groups in total. The van der Waals surface area contributed by atoms with Crippen molar-refractivity contribution in [1.29, 1.82) is 0 Å². The van der Waals surface area contributed by atoms with Gasteiger partial charge in [-0.15, -0.1) is 0 Å². The van der Waals surface area contributed by atoms with E-state index in [-0.39, 0.29) is 16.2 Å². The Labute approximate surface area is 503 Å². The van der Waals surface area contributed by atoms with Gasteiger partial charge in [0.05, 0.1) is 33.5 Å². The van der Waals surface area contributed by atoms with Crippen LogP contribution in [0.4, 0.5) is 22.7 Å². The molecular weight excluding hydrogens is 1030 g/mol. The highest BCUT2D eigenvalue weighted by molar-refractivity contribution is 6.10. The van der Waals surface area contributed by atoms with Crippen molar-refractivity contribution in [2.45, 2.75) is 90.3 Å². The molecule has 0 fully saturated rings. The summed E-state index contributed by atoms with van der Waals surface area (Å²) < 4.78 is 28.7. The van der Waals surface area contributed by atoms with Gasteiger partial charge in [-0.2, -0.15) is 0 Å². The Morgan fingerprint density at radius 3 is 1.71 bits per heavy atom. The van der Waals surface area contributed by atoms with Crippen molar-refractivity contribution < 1.29 is 7.48 Å². The van der Waals surface area contributed by atoms with Gasteiger partial charge in [0.25, 0.3) is 0 Å². The molecule has 2 aromatic heterocycles. The number of hydrogen-bond acceptors (Lipinski definition) is 4. The summed E-state index contributed by atoms with van der Waals surface area (Å²) in [6.07, 6.45) is 0.311. The van der Waals surface area contributed by atoms with Crippen LogP contribution in [0.1, 0.15) is 115 Å². The van der Waals surface area contributed by atoms with E-state index in [1.54, 1.807) is 0 Å². The summed E-state index contributed by atoms with van der Waals surface area (Å²) in [5.41, 5.74) is 21.8. The minimum Gasteiger partial charge on any atom is -0.457 e. The van der Waals surface area contributed by atoms with E-state index in [1.807, 2.05) is 30.5 Å². The molecule has 1 aliphatic heterocycles. The Hall–Kier alpha value is -9.45. The van der Waals surface area contributed by atoms with E-state index in [1.165, 1.54) is 33.4 Å². The van der Waals surface area contributed by atoms with E-state index in [0.29, 0.717) is 17.8 Å². The van der Waals surface area contributed by atoms with Crippen LogP contribution in [0.25, 0.3) is 61.0 Å². The molecule has 15 rings (SSSR count). The zero-order chi connectivity index (χ0) is 59.9. The first-order chi connectivity index (χ1) is 41.8. The number of ether oxygens (including phenoxy) is 1. The lowest BCUT2D eigenvalue weighted by molar-refractivity contribution is 0.483. The SMILES string of the molecule is [2H]C1([2H])c2ccccc2C2(c3ccccc3-c3c(-c4cccc(-c5cc(C(C)(C)C)cc(C(C)(C)C)c5)c4N4CN(c5cccc(Oc6ccc7c8ccccc8n(-c8ccc(C(C)(C)C)cn8)c7c6)c5)c5ccccc54)cccc32)c2ccccc21. The third-order valence-electron chi connectivity index (χ3n) is 18.2. The number of hydrogen-bond donors (Lipinski definition) is 0. The molecule has 5 heteroatoms. The molecule has 0 unspecified atom stereocenters.